The molecule has 0 amide bonds. The smallest absolute Gasteiger partial charge is 0.286 e. The van der Waals surface area contributed by atoms with Crippen LogP contribution < -0.4 is 0 Å². The van der Waals surface area contributed by atoms with Crippen LogP contribution in [0.15, 0.2) is 17.2 Å². The highest BCUT2D eigenvalue weighted by Crippen LogP contribution is 2.42. The molecule has 1 aromatic carbocycles. The van der Waals surface area contributed by atoms with Crippen LogP contribution in [-0.4, -0.2) is 45.7 Å². The average Bonchev–Trinajstić information content (AvgIpc) is 2.94. The number of rotatable bonds is 3. The number of nitrogens with one attached hydrogen (secondary N) is 1. The van der Waals surface area contributed by atoms with Gasteiger partial charge in [0.25, 0.3) is 10.0 Å². The van der Waals surface area contributed by atoms with Gasteiger partial charge in [-0.25, -0.2) is 8.42 Å². The van der Waals surface area contributed by atoms with Crippen molar-refractivity contribution in [2.24, 2.45) is 0 Å². The van der Waals surface area contributed by atoms with E-state index in [1.54, 1.807) is 12.1 Å². The van der Waals surface area contributed by atoms with Gasteiger partial charge < -0.3 is 5.11 Å². The van der Waals surface area contributed by atoms with Crippen LogP contribution in [0, 0.1) is 0 Å². The fourth-order valence-corrected chi connectivity index (χ4v) is 3.45. The number of hydrogen-bond donors (Lipinski definition) is 3. The maximum absolute atomic E-state index is 12.3. The molecule has 0 aliphatic carbocycles. The van der Waals surface area contributed by atoms with E-state index in [2.05, 4.69) is 15.4 Å². The van der Waals surface area contributed by atoms with Crippen molar-refractivity contribution in [2.75, 3.05) is 7.05 Å². The van der Waals surface area contributed by atoms with E-state index in [-0.39, 0.29) is 31.8 Å². The summed E-state index contributed by atoms with van der Waals surface area (Å²) in [5.41, 5.74) is 1.27. The lowest BCUT2D eigenvalue weighted by atomic mass is 9.78. The van der Waals surface area contributed by atoms with Gasteiger partial charge >= 0.3 is 0 Å². The Morgan fingerprint density at radius 3 is 1.88 bits per heavy atom. The summed E-state index contributed by atoms with van der Waals surface area (Å²) in [6.45, 7) is 11.8. The van der Waals surface area contributed by atoms with E-state index >= 15 is 0 Å². The molecule has 3 N–H and O–H groups in total. The highest BCUT2D eigenvalue weighted by molar-refractivity contribution is 7.89. The van der Waals surface area contributed by atoms with E-state index in [1.807, 2.05) is 41.5 Å². The molecule has 2 aromatic rings. The van der Waals surface area contributed by atoms with Crippen molar-refractivity contribution in [2.45, 2.75) is 57.4 Å². The zero-order valence-corrected chi connectivity index (χ0v) is 16.9. The molecule has 0 unspecified atom stereocenters. The van der Waals surface area contributed by atoms with E-state index in [9.17, 15) is 18.7 Å². The number of nitrogens with zero attached hydrogens (tertiary/aromatic N) is 3. The molecular weight excluding hydrogens is 356 g/mol. The van der Waals surface area contributed by atoms with Crippen LogP contribution in [0.25, 0.3) is 11.3 Å². The molecular formula is C17H26N4O4S. The number of aromatic nitrogens is 3. The molecule has 2 rings (SSSR count). The molecule has 0 atom stereocenters. The number of hydroxylamine groups is 1. The average molecular weight is 382 g/mol. The van der Waals surface area contributed by atoms with E-state index in [4.69, 9.17) is 0 Å². The van der Waals surface area contributed by atoms with Crippen LogP contribution in [0.5, 0.6) is 5.75 Å². The van der Waals surface area contributed by atoms with Crippen LogP contribution in [0.1, 0.15) is 52.7 Å². The molecule has 9 heteroatoms. The molecule has 144 valence electrons. The highest BCUT2D eigenvalue weighted by Gasteiger charge is 2.31. The van der Waals surface area contributed by atoms with E-state index < -0.39 is 10.0 Å². The minimum atomic E-state index is -4.20. The fraction of sp³-hybridized carbons (Fsp3) is 0.529. The van der Waals surface area contributed by atoms with Crippen molar-refractivity contribution >= 4 is 10.0 Å². The molecule has 0 spiro atoms. The molecule has 1 heterocycles. The lowest BCUT2D eigenvalue weighted by molar-refractivity contribution is 0.0307. The highest BCUT2D eigenvalue weighted by atomic mass is 32.2. The van der Waals surface area contributed by atoms with E-state index in [0.717, 1.165) is 7.05 Å². The Hall–Kier alpha value is -1.97. The normalized spacial score (nSPS) is 13.4. The molecule has 0 bridgehead atoms. The summed E-state index contributed by atoms with van der Waals surface area (Å²) in [7, 11) is -3.19. The number of hydrogen-bond acceptors (Lipinski definition) is 6. The zero-order chi connectivity index (χ0) is 20.1. The van der Waals surface area contributed by atoms with Crippen molar-refractivity contribution in [3.05, 3.63) is 23.3 Å². The minimum absolute atomic E-state index is 0.101. The summed E-state index contributed by atoms with van der Waals surface area (Å²) in [6, 6.07) is 3.44. The first kappa shape index (κ1) is 20.3. The third kappa shape index (κ3) is 3.60. The summed E-state index contributed by atoms with van der Waals surface area (Å²) >= 11 is 0. The molecule has 0 saturated heterocycles. The van der Waals surface area contributed by atoms with Crippen LogP contribution in [0.2, 0.25) is 0 Å². The quantitative estimate of drug-likeness (QED) is 0.702. The number of H-pyrrole nitrogens is 1. The van der Waals surface area contributed by atoms with Gasteiger partial charge in [0.05, 0.1) is 0 Å². The zero-order valence-electron chi connectivity index (χ0n) is 16.1. The lowest BCUT2D eigenvalue weighted by Gasteiger charge is -2.28. The van der Waals surface area contributed by atoms with Gasteiger partial charge in [0.2, 0.25) is 5.03 Å². The standard InChI is InChI=1S/C17H26N4O4S/c1-16(2,3)11-8-10(9-12(14(11)22)17(4,5)6)13-15(19-20-18-13)26(24,25)21(7)23/h8-9,22-23H,1-7H3,(H,18,19,20). The Morgan fingerprint density at radius 1 is 1.04 bits per heavy atom. The maximum atomic E-state index is 12.3. The van der Waals surface area contributed by atoms with Crippen LogP contribution in [-0.2, 0) is 20.9 Å². The molecule has 0 radical (unpaired) electrons. The molecule has 1 aromatic heterocycles. The van der Waals surface area contributed by atoms with Gasteiger partial charge in [-0.1, -0.05) is 51.2 Å². The Balaban J connectivity index is 2.84. The van der Waals surface area contributed by atoms with Crippen molar-refractivity contribution in [3.8, 4) is 17.0 Å². The van der Waals surface area contributed by atoms with Gasteiger partial charge in [0, 0.05) is 23.7 Å². The predicted molar refractivity (Wildman–Crippen MR) is 97.6 cm³/mol. The van der Waals surface area contributed by atoms with Gasteiger partial charge in [-0.05, 0) is 23.0 Å². The number of benzene rings is 1. The molecule has 26 heavy (non-hydrogen) atoms. The Labute approximate surface area is 153 Å². The first-order valence-electron chi connectivity index (χ1n) is 8.14. The molecule has 0 aliphatic heterocycles. The molecule has 8 nitrogen and oxygen atoms in total. The number of sulfonamides is 1. The monoisotopic (exact) mass is 382 g/mol. The predicted octanol–water partition coefficient (Wildman–Crippen LogP) is 2.78. The molecule has 0 saturated carbocycles. The van der Waals surface area contributed by atoms with Crippen LogP contribution >= 0.6 is 0 Å². The van der Waals surface area contributed by atoms with Crippen LogP contribution in [0.4, 0.5) is 0 Å². The first-order valence-corrected chi connectivity index (χ1v) is 9.58. The first-order chi connectivity index (χ1) is 11.7. The minimum Gasteiger partial charge on any atom is -0.507 e. The Kier molecular flexibility index (Phi) is 4.95. The summed E-state index contributed by atoms with van der Waals surface area (Å²) in [5.74, 6) is 0.185. The summed E-state index contributed by atoms with van der Waals surface area (Å²) in [5, 5.41) is 29.7. The van der Waals surface area contributed by atoms with E-state index in [0.29, 0.717) is 16.7 Å². The van der Waals surface area contributed by atoms with Crippen molar-refractivity contribution in [1.82, 2.24) is 19.9 Å². The summed E-state index contributed by atoms with van der Waals surface area (Å²) < 4.78 is 24.7. The van der Waals surface area contributed by atoms with Gasteiger partial charge in [-0.3, -0.25) is 10.3 Å². The Morgan fingerprint density at radius 2 is 1.50 bits per heavy atom. The third-order valence-corrected chi connectivity index (χ3v) is 5.59. The topological polar surface area (TPSA) is 119 Å². The summed E-state index contributed by atoms with van der Waals surface area (Å²) in [4.78, 5) is 0. The number of phenols is 1. The maximum Gasteiger partial charge on any atom is 0.286 e. The van der Waals surface area contributed by atoms with Gasteiger partial charge in [-0.15, -0.1) is 5.10 Å². The number of aromatic hydroxyl groups is 1. The van der Waals surface area contributed by atoms with Gasteiger partial charge in [0.1, 0.15) is 11.4 Å². The fourth-order valence-electron chi connectivity index (χ4n) is 2.63. The Bertz CT molecular complexity index is 884. The van der Waals surface area contributed by atoms with Gasteiger partial charge in [0.15, 0.2) is 0 Å². The number of aromatic amines is 1. The van der Waals surface area contributed by atoms with Gasteiger partial charge in [-0.2, -0.15) is 0 Å². The largest absolute Gasteiger partial charge is 0.507 e. The molecule has 0 aliphatic rings. The third-order valence-electron chi connectivity index (χ3n) is 4.12. The lowest BCUT2D eigenvalue weighted by Crippen LogP contribution is -2.24. The molecule has 0 fully saturated rings. The van der Waals surface area contributed by atoms with Crippen molar-refractivity contribution in [1.29, 1.82) is 0 Å². The number of phenolic OH excluding ortho intramolecular Hbond substituents is 1. The van der Waals surface area contributed by atoms with E-state index in [1.165, 1.54) is 0 Å². The second kappa shape index (κ2) is 6.33. The summed E-state index contributed by atoms with van der Waals surface area (Å²) in [6.07, 6.45) is 0. The van der Waals surface area contributed by atoms with Crippen molar-refractivity contribution in [3.63, 3.8) is 0 Å². The second-order valence-corrected chi connectivity index (χ2v) is 10.2. The second-order valence-electron chi connectivity index (χ2n) is 8.35. The SMILES string of the molecule is CN(O)S(=O)(=O)c1nn[nH]c1-c1cc(C(C)(C)C)c(O)c(C(C)(C)C)c1. The van der Waals surface area contributed by atoms with Crippen molar-refractivity contribution < 1.29 is 18.7 Å². The van der Waals surface area contributed by atoms with Crippen LogP contribution in [0.3, 0.4) is 0 Å².